The van der Waals surface area contributed by atoms with Gasteiger partial charge in [-0.15, -0.1) is 0 Å². The normalized spacial score (nSPS) is 17.6. The van der Waals surface area contributed by atoms with E-state index >= 15 is 0 Å². The van der Waals surface area contributed by atoms with E-state index < -0.39 is 6.17 Å². The van der Waals surface area contributed by atoms with Gasteiger partial charge in [-0.2, -0.15) is 0 Å². The van der Waals surface area contributed by atoms with Gasteiger partial charge < -0.3 is 5.73 Å². The molecule has 0 unspecified atom stereocenters. The predicted octanol–water partition coefficient (Wildman–Crippen LogP) is 0.788. The summed E-state index contributed by atoms with van der Waals surface area (Å²) in [6.07, 6.45) is -0.746. The average molecular weight is 190 g/mol. The Labute approximate surface area is 79.1 Å². The van der Waals surface area contributed by atoms with Crippen molar-refractivity contribution in [1.29, 1.82) is 0 Å². The second kappa shape index (κ2) is 5.91. The summed E-state index contributed by atoms with van der Waals surface area (Å²) in [4.78, 5) is 11.8. The lowest BCUT2D eigenvalue weighted by Gasteiger charge is -2.32. The summed E-state index contributed by atoms with van der Waals surface area (Å²) in [5, 5.41) is 0. The van der Waals surface area contributed by atoms with Crippen LogP contribution >= 0.6 is 0 Å². The van der Waals surface area contributed by atoms with Gasteiger partial charge in [-0.1, -0.05) is 20.8 Å². The quantitative estimate of drug-likeness (QED) is 0.699. The van der Waals surface area contributed by atoms with Gasteiger partial charge in [-0.25, -0.2) is 4.39 Å². The van der Waals surface area contributed by atoms with Crippen LogP contribution in [-0.2, 0) is 4.79 Å². The Morgan fingerprint density at radius 1 is 1.54 bits per heavy atom. The van der Waals surface area contributed by atoms with Gasteiger partial charge in [0.25, 0.3) is 0 Å². The highest BCUT2D eigenvalue weighted by molar-refractivity contribution is 5.76. The third kappa shape index (κ3) is 7.71. The molecule has 1 fully saturated rings. The van der Waals surface area contributed by atoms with Crippen molar-refractivity contribution < 1.29 is 9.18 Å². The molecule has 1 rings (SSSR count). The standard InChI is InChI=1S/C5H9FN2O.C4H10/c6-4-1-8(2-4)3-5(7)9;1-4(2)3/h4H,1-3H2,(H2,7,9);4H,1-3H3. The second-order valence-electron chi connectivity index (χ2n) is 3.99. The van der Waals surface area contributed by atoms with E-state index in [4.69, 9.17) is 5.73 Å². The first-order valence-corrected chi connectivity index (χ1v) is 4.56. The number of primary amides is 1. The van der Waals surface area contributed by atoms with Crippen molar-refractivity contribution in [2.24, 2.45) is 11.7 Å². The van der Waals surface area contributed by atoms with Gasteiger partial charge in [0.1, 0.15) is 6.17 Å². The van der Waals surface area contributed by atoms with Crippen LogP contribution in [0, 0.1) is 5.92 Å². The molecule has 1 aliphatic rings. The Kier molecular flexibility index (Phi) is 5.62. The van der Waals surface area contributed by atoms with Crippen LogP contribution in [0.2, 0.25) is 0 Å². The Morgan fingerprint density at radius 3 is 2.15 bits per heavy atom. The molecule has 3 nitrogen and oxygen atoms in total. The van der Waals surface area contributed by atoms with E-state index in [1.165, 1.54) is 0 Å². The molecule has 2 N–H and O–H groups in total. The number of nitrogens with zero attached hydrogens (tertiary/aromatic N) is 1. The lowest BCUT2D eigenvalue weighted by Crippen LogP contribution is -2.51. The van der Waals surface area contributed by atoms with E-state index in [2.05, 4.69) is 20.8 Å². The molecule has 1 aliphatic heterocycles. The molecular formula is C9H19FN2O. The fourth-order valence-electron chi connectivity index (χ4n) is 0.856. The molecule has 0 bridgehead atoms. The fraction of sp³-hybridized carbons (Fsp3) is 0.889. The van der Waals surface area contributed by atoms with E-state index in [0.29, 0.717) is 13.1 Å². The van der Waals surface area contributed by atoms with Crippen LogP contribution < -0.4 is 5.73 Å². The van der Waals surface area contributed by atoms with E-state index in [1.54, 1.807) is 4.90 Å². The molecule has 0 atom stereocenters. The number of carbonyl (C=O) groups excluding carboxylic acids is 1. The number of likely N-dealkylation sites (tertiary alicyclic amines) is 1. The van der Waals surface area contributed by atoms with Gasteiger partial charge in [0.15, 0.2) is 0 Å². The van der Waals surface area contributed by atoms with Crippen LogP contribution in [0.1, 0.15) is 20.8 Å². The first kappa shape index (κ1) is 12.4. The Balaban J connectivity index is 0.000000310. The fourth-order valence-corrected chi connectivity index (χ4v) is 0.856. The summed E-state index contributed by atoms with van der Waals surface area (Å²) in [6, 6.07) is 0. The first-order chi connectivity index (χ1) is 5.91. The molecule has 0 radical (unpaired) electrons. The van der Waals surface area contributed by atoms with Crippen molar-refractivity contribution in [1.82, 2.24) is 4.90 Å². The Morgan fingerprint density at radius 2 is 1.92 bits per heavy atom. The minimum Gasteiger partial charge on any atom is -0.369 e. The third-order valence-corrected chi connectivity index (χ3v) is 1.29. The molecule has 13 heavy (non-hydrogen) atoms. The SMILES string of the molecule is CC(C)C.NC(=O)CN1CC(F)C1. The van der Waals surface area contributed by atoms with E-state index in [9.17, 15) is 9.18 Å². The molecule has 0 saturated carbocycles. The van der Waals surface area contributed by atoms with Crippen molar-refractivity contribution in [3.05, 3.63) is 0 Å². The van der Waals surface area contributed by atoms with Crippen molar-refractivity contribution in [2.75, 3.05) is 19.6 Å². The zero-order valence-electron chi connectivity index (χ0n) is 8.59. The maximum atomic E-state index is 12.0. The van der Waals surface area contributed by atoms with Gasteiger partial charge in [0, 0.05) is 13.1 Å². The highest BCUT2D eigenvalue weighted by Crippen LogP contribution is 2.08. The van der Waals surface area contributed by atoms with Gasteiger partial charge >= 0.3 is 0 Å². The number of hydrogen-bond donors (Lipinski definition) is 1. The molecule has 0 spiro atoms. The molecule has 4 heteroatoms. The van der Waals surface area contributed by atoms with E-state index in [1.807, 2.05) is 0 Å². The minimum atomic E-state index is -0.746. The molecular weight excluding hydrogens is 171 g/mol. The number of alkyl halides is 1. The number of halogens is 1. The Bertz CT molecular complexity index is 153. The maximum Gasteiger partial charge on any atom is 0.231 e. The first-order valence-electron chi connectivity index (χ1n) is 4.56. The average Bonchev–Trinajstić information content (AvgIpc) is 1.81. The summed E-state index contributed by atoms with van der Waals surface area (Å²) in [6.45, 7) is 7.42. The van der Waals surface area contributed by atoms with Crippen LogP contribution in [0.3, 0.4) is 0 Å². The monoisotopic (exact) mass is 190 g/mol. The van der Waals surface area contributed by atoms with Crippen LogP contribution in [0.25, 0.3) is 0 Å². The van der Waals surface area contributed by atoms with Gasteiger partial charge in [-0.3, -0.25) is 9.69 Å². The van der Waals surface area contributed by atoms with E-state index in [-0.39, 0.29) is 12.5 Å². The van der Waals surface area contributed by atoms with Crippen molar-refractivity contribution >= 4 is 5.91 Å². The van der Waals surface area contributed by atoms with Crippen LogP contribution in [-0.4, -0.2) is 36.6 Å². The third-order valence-electron chi connectivity index (χ3n) is 1.29. The van der Waals surface area contributed by atoms with Crippen molar-refractivity contribution in [3.63, 3.8) is 0 Å². The molecule has 1 saturated heterocycles. The maximum absolute atomic E-state index is 12.0. The largest absolute Gasteiger partial charge is 0.369 e. The topological polar surface area (TPSA) is 46.3 Å². The second-order valence-corrected chi connectivity index (χ2v) is 3.99. The smallest absolute Gasteiger partial charge is 0.231 e. The lowest BCUT2D eigenvalue weighted by molar-refractivity contribution is -0.120. The summed E-state index contributed by atoms with van der Waals surface area (Å²) in [5.41, 5.74) is 4.85. The molecule has 0 aromatic carbocycles. The van der Waals surface area contributed by atoms with Crippen LogP contribution in [0.4, 0.5) is 4.39 Å². The summed E-state index contributed by atoms with van der Waals surface area (Å²) in [5.74, 6) is 0.446. The summed E-state index contributed by atoms with van der Waals surface area (Å²) < 4.78 is 12.0. The van der Waals surface area contributed by atoms with E-state index in [0.717, 1.165) is 5.92 Å². The van der Waals surface area contributed by atoms with Crippen molar-refractivity contribution in [2.45, 2.75) is 26.9 Å². The molecule has 0 aliphatic carbocycles. The highest BCUT2D eigenvalue weighted by atomic mass is 19.1. The number of hydrogen-bond acceptors (Lipinski definition) is 2. The van der Waals surface area contributed by atoms with Gasteiger partial charge in [-0.05, 0) is 5.92 Å². The Hall–Kier alpha value is -0.640. The van der Waals surface area contributed by atoms with Gasteiger partial charge in [0.2, 0.25) is 5.91 Å². The number of carbonyl (C=O) groups is 1. The summed E-state index contributed by atoms with van der Waals surface area (Å²) >= 11 is 0. The number of rotatable bonds is 2. The van der Waals surface area contributed by atoms with Crippen molar-refractivity contribution in [3.8, 4) is 0 Å². The molecule has 78 valence electrons. The zero-order chi connectivity index (χ0) is 10.4. The summed E-state index contributed by atoms with van der Waals surface area (Å²) in [7, 11) is 0. The van der Waals surface area contributed by atoms with Gasteiger partial charge in [0.05, 0.1) is 6.54 Å². The number of nitrogens with two attached hydrogens (primary N) is 1. The predicted molar refractivity (Wildman–Crippen MR) is 51.0 cm³/mol. The zero-order valence-corrected chi connectivity index (χ0v) is 8.59. The number of amides is 1. The van der Waals surface area contributed by atoms with Crippen LogP contribution in [0.15, 0.2) is 0 Å². The highest BCUT2D eigenvalue weighted by Gasteiger charge is 2.26. The lowest BCUT2D eigenvalue weighted by atomic mass is 10.2. The molecule has 0 aromatic rings. The molecule has 1 amide bonds. The minimum absolute atomic E-state index is 0.195. The van der Waals surface area contributed by atoms with Crippen LogP contribution in [0.5, 0.6) is 0 Å². The molecule has 0 aromatic heterocycles. The molecule has 1 heterocycles.